The molecule has 3 heterocycles. The van der Waals surface area contributed by atoms with E-state index in [2.05, 4.69) is 30.9 Å². The van der Waals surface area contributed by atoms with Crippen LogP contribution in [-0.2, 0) is 11.3 Å². The molecule has 1 fully saturated rings. The molecule has 1 saturated heterocycles. The third-order valence-electron chi connectivity index (χ3n) is 2.74. The topological polar surface area (TPSA) is 43.2 Å². The highest BCUT2D eigenvalue weighted by molar-refractivity contribution is 9.10. The standard InChI is InChI=1S/C11H13BrN4OS/c12-9-5-14-16(7-9)8-10-6-13-11(18-10)15-1-3-17-4-2-15/h5-7H,1-4,8H2. The van der Waals surface area contributed by atoms with Gasteiger partial charge in [-0.15, -0.1) is 0 Å². The molecule has 0 amide bonds. The van der Waals surface area contributed by atoms with Crippen molar-refractivity contribution in [3.63, 3.8) is 0 Å². The van der Waals surface area contributed by atoms with Gasteiger partial charge in [-0.3, -0.25) is 4.68 Å². The van der Waals surface area contributed by atoms with Crippen molar-refractivity contribution in [2.24, 2.45) is 0 Å². The molecule has 0 bridgehead atoms. The van der Waals surface area contributed by atoms with Crippen molar-refractivity contribution in [1.82, 2.24) is 14.8 Å². The maximum Gasteiger partial charge on any atom is 0.185 e. The summed E-state index contributed by atoms with van der Waals surface area (Å²) in [5, 5.41) is 5.33. The summed E-state index contributed by atoms with van der Waals surface area (Å²) in [7, 11) is 0. The van der Waals surface area contributed by atoms with Gasteiger partial charge in [0.15, 0.2) is 5.13 Å². The van der Waals surface area contributed by atoms with Gasteiger partial charge in [0, 0.05) is 30.4 Å². The molecule has 0 N–H and O–H groups in total. The summed E-state index contributed by atoms with van der Waals surface area (Å²) in [4.78, 5) is 7.97. The van der Waals surface area contributed by atoms with Crippen molar-refractivity contribution < 1.29 is 4.74 Å². The van der Waals surface area contributed by atoms with Gasteiger partial charge in [0.1, 0.15) is 0 Å². The van der Waals surface area contributed by atoms with E-state index < -0.39 is 0 Å². The van der Waals surface area contributed by atoms with E-state index in [1.807, 2.05) is 17.1 Å². The molecule has 2 aromatic heterocycles. The van der Waals surface area contributed by atoms with Crippen LogP contribution in [0.5, 0.6) is 0 Å². The molecule has 0 saturated carbocycles. The lowest BCUT2D eigenvalue weighted by Crippen LogP contribution is -2.36. The predicted octanol–water partition coefficient (Wildman–Crippen LogP) is 1.99. The smallest absolute Gasteiger partial charge is 0.185 e. The van der Waals surface area contributed by atoms with Gasteiger partial charge in [-0.2, -0.15) is 5.10 Å². The highest BCUT2D eigenvalue weighted by Gasteiger charge is 2.14. The van der Waals surface area contributed by atoms with Crippen LogP contribution in [0.3, 0.4) is 0 Å². The van der Waals surface area contributed by atoms with E-state index in [0.717, 1.165) is 42.5 Å². The van der Waals surface area contributed by atoms with Crippen LogP contribution in [0, 0.1) is 0 Å². The molecule has 0 atom stereocenters. The first-order valence-electron chi connectivity index (χ1n) is 5.76. The van der Waals surface area contributed by atoms with Gasteiger partial charge in [-0.05, 0) is 15.9 Å². The summed E-state index contributed by atoms with van der Waals surface area (Å²) in [6, 6.07) is 0. The minimum atomic E-state index is 0.771. The Bertz CT molecular complexity index is 521. The second-order valence-electron chi connectivity index (χ2n) is 4.06. The molecule has 3 rings (SSSR count). The minimum Gasteiger partial charge on any atom is -0.378 e. The number of morpholine rings is 1. The van der Waals surface area contributed by atoms with E-state index in [-0.39, 0.29) is 0 Å². The lowest BCUT2D eigenvalue weighted by atomic mass is 10.5. The SMILES string of the molecule is Brc1cnn(Cc2cnc(N3CCOCC3)s2)c1. The fourth-order valence-electron chi connectivity index (χ4n) is 1.86. The summed E-state index contributed by atoms with van der Waals surface area (Å²) in [5.74, 6) is 0. The van der Waals surface area contributed by atoms with Crippen LogP contribution in [0.1, 0.15) is 4.88 Å². The van der Waals surface area contributed by atoms with Gasteiger partial charge in [0.25, 0.3) is 0 Å². The van der Waals surface area contributed by atoms with E-state index in [1.165, 1.54) is 4.88 Å². The summed E-state index contributed by atoms with van der Waals surface area (Å²) in [6.45, 7) is 4.22. The summed E-state index contributed by atoms with van der Waals surface area (Å²) >= 11 is 5.12. The molecular formula is C11H13BrN4OS. The molecular weight excluding hydrogens is 316 g/mol. The number of halogens is 1. The average Bonchev–Trinajstić information content (AvgIpc) is 3.01. The van der Waals surface area contributed by atoms with E-state index in [9.17, 15) is 0 Å². The van der Waals surface area contributed by atoms with Crippen LogP contribution in [0.25, 0.3) is 0 Å². The first-order valence-corrected chi connectivity index (χ1v) is 7.37. The van der Waals surface area contributed by atoms with Crippen LogP contribution >= 0.6 is 27.3 Å². The second-order valence-corrected chi connectivity index (χ2v) is 6.07. The van der Waals surface area contributed by atoms with Crippen LogP contribution in [0.15, 0.2) is 23.1 Å². The van der Waals surface area contributed by atoms with Crippen LogP contribution < -0.4 is 4.90 Å². The molecule has 2 aromatic rings. The third kappa shape index (κ3) is 2.73. The maximum absolute atomic E-state index is 5.34. The number of thiazole rings is 1. The molecule has 1 aliphatic rings. The lowest BCUT2D eigenvalue weighted by molar-refractivity contribution is 0.122. The van der Waals surface area contributed by atoms with Gasteiger partial charge < -0.3 is 9.64 Å². The highest BCUT2D eigenvalue weighted by Crippen LogP contribution is 2.24. The Balaban J connectivity index is 1.69. The van der Waals surface area contributed by atoms with Gasteiger partial charge in [-0.1, -0.05) is 11.3 Å². The molecule has 0 unspecified atom stereocenters. The largest absolute Gasteiger partial charge is 0.378 e. The Hall–Kier alpha value is -0.920. The molecule has 1 aliphatic heterocycles. The Morgan fingerprint density at radius 1 is 1.33 bits per heavy atom. The number of aromatic nitrogens is 3. The van der Waals surface area contributed by atoms with E-state index in [0.29, 0.717) is 0 Å². The number of ether oxygens (including phenoxy) is 1. The molecule has 5 nitrogen and oxygen atoms in total. The molecule has 18 heavy (non-hydrogen) atoms. The molecule has 0 spiro atoms. The van der Waals surface area contributed by atoms with Gasteiger partial charge in [0.05, 0.1) is 30.4 Å². The van der Waals surface area contributed by atoms with Crippen molar-refractivity contribution in [3.8, 4) is 0 Å². The third-order valence-corrected chi connectivity index (χ3v) is 4.19. The Morgan fingerprint density at radius 2 is 2.17 bits per heavy atom. The normalized spacial score (nSPS) is 16.2. The zero-order chi connectivity index (χ0) is 12.4. The van der Waals surface area contributed by atoms with E-state index in [4.69, 9.17) is 4.74 Å². The highest BCUT2D eigenvalue weighted by atomic mass is 79.9. The summed E-state index contributed by atoms with van der Waals surface area (Å²) in [6.07, 6.45) is 5.70. The quantitative estimate of drug-likeness (QED) is 0.864. The van der Waals surface area contributed by atoms with Crippen molar-refractivity contribution in [1.29, 1.82) is 0 Å². The number of anilines is 1. The van der Waals surface area contributed by atoms with Crippen molar-refractivity contribution in [3.05, 3.63) is 27.9 Å². The number of hydrogen-bond acceptors (Lipinski definition) is 5. The first-order chi connectivity index (χ1) is 8.81. The van der Waals surface area contributed by atoms with Crippen molar-refractivity contribution in [2.75, 3.05) is 31.2 Å². The van der Waals surface area contributed by atoms with Crippen molar-refractivity contribution in [2.45, 2.75) is 6.54 Å². The first kappa shape index (κ1) is 12.1. The molecule has 96 valence electrons. The van der Waals surface area contributed by atoms with Crippen molar-refractivity contribution >= 4 is 32.4 Å². The van der Waals surface area contributed by atoms with E-state index in [1.54, 1.807) is 17.5 Å². The molecule has 0 radical (unpaired) electrons. The Labute approximate surface area is 118 Å². The molecule has 7 heteroatoms. The van der Waals surface area contributed by atoms with Crippen LogP contribution in [-0.4, -0.2) is 41.1 Å². The molecule has 0 aromatic carbocycles. The monoisotopic (exact) mass is 328 g/mol. The van der Waals surface area contributed by atoms with Crippen LogP contribution in [0.2, 0.25) is 0 Å². The Kier molecular flexibility index (Phi) is 3.62. The number of nitrogens with zero attached hydrogens (tertiary/aromatic N) is 4. The number of rotatable bonds is 3. The number of hydrogen-bond donors (Lipinski definition) is 0. The fraction of sp³-hybridized carbons (Fsp3) is 0.455. The van der Waals surface area contributed by atoms with Gasteiger partial charge >= 0.3 is 0 Å². The minimum absolute atomic E-state index is 0.771. The van der Waals surface area contributed by atoms with Gasteiger partial charge in [-0.25, -0.2) is 4.98 Å². The summed E-state index contributed by atoms with van der Waals surface area (Å²) < 4.78 is 8.25. The molecule has 0 aliphatic carbocycles. The van der Waals surface area contributed by atoms with E-state index >= 15 is 0 Å². The second kappa shape index (κ2) is 5.38. The fourth-order valence-corrected chi connectivity index (χ4v) is 3.14. The summed E-state index contributed by atoms with van der Waals surface area (Å²) in [5.41, 5.74) is 0. The predicted molar refractivity (Wildman–Crippen MR) is 74.2 cm³/mol. The zero-order valence-electron chi connectivity index (χ0n) is 9.75. The average molecular weight is 329 g/mol. The zero-order valence-corrected chi connectivity index (χ0v) is 12.2. The Morgan fingerprint density at radius 3 is 2.89 bits per heavy atom. The lowest BCUT2D eigenvalue weighted by Gasteiger charge is -2.25. The van der Waals surface area contributed by atoms with Crippen LogP contribution in [0.4, 0.5) is 5.13 Å². The van der Waals surface area contributed by atoms with Gasteiger partial charge in [0.2, 0.25) is 0 Å². The maximum atomic E-state index is 5.34.